The fraction of sp³-hybridized carbons (Fsp3) is 0.850. The smallest absolute Gasteiger partial charge is 0.434 e. The van der Waals surface area contributed by atoms with Crippen LogP contribution in [0.2, 0.25) is 0 Å². The van der Waals surface area contributed by atoms with Crippen molar-refractivity contribution in [3.05, 3.63) is 0 Å². The standard InChI is InChI=1S/C20H34O10S/c1-4-7-10-25-18(22)28-14-13-31-17(21)16(30-20(24)27-12-9-6-3)15(14)29-19(23)26-11-8-5-2/h14-17,21H,4-13H2,1-3H3/t14-,15+,16-,17-/m1/s1. The SMILES string of the molecule is CCCCOC(=O)O[C@@H]1[C@@H](OC(=O)OCCCC)[C@H](OC(=O)OCCCC)CS[C@H]1O. The molecule has 10 nitrogen and oxygen atoms in total. The molecule has 1 rings (SSSR count). The van der Waals surface area contributed by atoms with Crippen LogP contribution in [-0.2, 0) is 28.4 Å². The van der Waals surface area contributed by atoms with E-state index in [1.807, 2.05) is 20.8 Å². The highest BCUT2D eigenvalue weighted by Crippen LogP contribution is 2.31. The number of aliphatic hydroxyl groups excluding tert-OH is 1. The van der Waals surface area contributed by atoms with E-state index in [4.69, 9.17) is 28.4 Å². The van der Waals surface area contributed by atoms with Crippen molar-refractivity contribution in [3.63, 3.8) is 0 Å². The van der Waals surface area contributed by atoms with Crippen LogP contribution >= 0.6 is 11.8 Å². The lowest BCUT2D eigenvalue weighted by atomic mass is 10.1. The van der Waals surface area contributed by atoms with Gasteiger partial charge in [-0.15, -0.1) is 11.8 Å². The highest BCUT2D eigenvalue weighted by Gasteiger charge is 2.47. The summed E-state index contributed by atoms with van der Waals surface area (Å²) >= 11 is 0.985. The molecule has 1 N–H and O–H groups in total. The number of hydrogen-bond donors (Lipinski definition) is 1. The van der Waals surface area contributed by atoms with Crippen LogP contribution in [0.25, 0.3) is 0 Å². The highest BCUT2D eigenvalue weighted by atomic mass is 32.2. The molecule has 1 aliphatic rings. The van der Waals surface area contributed by atoms with Gasteiger partial charge in [0.25, 0.3) is 0 Å². The largest absolute Gasteiger partial charge is 0.508 e. The Morgan fingerprint density at radius 2 is 1.16 bits per heavy atom. The van der Waals surface area contributed by atoms with Crippen molar-refractivity contribution in [2.75, 3.05) is 25.6 Å². The first-order valence-corrected chi connectivity index (χ1v) is 11.8. The van der Waals surface area contributed by atoms with Gasteiger partial charge in [0.15, 0.2) is 18.3 Å². The molecule has 0 spiro atoms. The van der Waals surface area contributed by atoms with Gasteiger partial charge in [0.1, 0.15) is 5.44 Å². The molecule has 4 atom stereocenters. The van der Waals surface area contributed by atoms with Crippen molar-refractivity contribution in [2.45, 2.75) is 83.0 Å². The van der Waals surface area contributed by atoms with E-state index in [0.717, 1.165) is 31.0 Å². The molecule has 0 amide bonds. The van der Waals surface area contributed by atoms with E-state index in [-0.39, 0.29) is 25.6 Å². The summed E-state index contributed by atoms with van der Waals surface area (Å²) in [5.41, 5.74) is -1.22. The first kappa shape index (κ1) is 27.2. The topological polar surface area (TPSA) is 127 Å². The maximum atomic E-state index is 12.1. The summed E-state index contributed by atoms with van der Waals surface area (Å²) in [6, 6.07) is 0. The first-order chi connectivity index (χ1) is 14.9. The summed E-state index contributed by atoms with van der Waals surface area (Å²) < 4.78 is 30.7. The minimum absolute atomic E-state index is 0.0989. The number of ether oxygens (including phenoxy) is 6. The molecule has 0 unspecified atom stereocenters. The van der Waals surface area contributed by atoms with E-state index < -0.39 is 42.2 Å². The lowest BCUT2D eigenvalue weighted by molar-refractivity contribution is -0.124. The Bertz CT molecular complexity index is 544. The maximum Gasteiger partial charge on any atom is 0.508 e. The third-order valence-corrected chi connectivity index (χ3v) is 5.40. The first-order valence-electron chi connectivity index (χ1n) is 10.7. The minimum atomic E-state index is -1.32. The summed E-state index contributed by atoms with van der Waals surface area (Å²) in [5, 5.41) is 10.3. The molecular weight excluding hydrogens is 432 g/mol. The molecule has 0 aromatic rings. The van der Waals surface area contributed by atoms with E-state index in [2.05, 4.69) is 0 Å². The number of rotatable bonds is 12. The van der Waals surface area contributed by atoms with Gasteiger partial charge in [0.2, 0.25) is 0 Å². The maximum absolute atomic E-state index is 12.1. The number of thioether (sulfide) groups is 1. The third-order valence-electron chi connectivity index (χ3n) is 4.27. The normalized spacial score (nSPS) is 22.8. The lowest BCUT2D eigenvalue weighted by Gasteiger charge is -2.37. The molecule has 1 aliphatic heterocycles. The molecule has 1 saturated heterocycles. The third kappa shape index (κ3) is 10.8. The van der Waals surface area contributed by atoms with Gasteiger partial charge in [0.05, 0.1) is 19.8 Å². The molecule has 0 aromatic carbocycles. The van der Waals surface area contributed by atoms with E-state index in [9.17, 15) is 19.5 Å². The fourth-order valence-corrected chi connectivity index (χ4v) is 3.52. The van der Waals surface area contributed by atoms with Crippen molar-refractivity contribution in [1.82, 2.24) is 0 Å². The average Bonchev–Trinajstić information content (AvgIpc) is 2.73. The van der Waals surface area contributed by atoms with Gasteiger partial charge in [-0.2, -0.15) is 0 Å². The van der Waals surface area contributed by atoms with Crippen molar-refractivity contribution >= 4 is 30.2 Å². The molecule has 0 bridgehead atoms. The van der Waals surface area contributed by atoms with E-state index in [0.29, 0.717) is 19.3 Å². The summed E-state index contributed by atoms with van der Waals surface area (Å²) in [4.78, 5) is 36.1. The number of carbonyl (C=O) groups is 3. The van der Waals surface area contributed by atoms with Crippen molar-refractivity contribution < 1.29 is 47.9 Å². The van der Waals surface area contributed by atoms with Crippen LogP contribution in [0.1, 0.15) is 59.3 Å². The Morgan fingerprint density at radius 1 is 0.742 bits per heavy atom. The van der Waals surface area contributed by atoms with Crippen LogP contribution in [-0.4, -0.2) is 72.9 Å². The average molecular weight is 467 g/mol. The summed E-state index contributed by atoms with van der Waals surface area (Å²) in [6.07, 6.45) is -2.16. The van der Waals surface area contributed by atoms with Crippen LogP contribution in [0.15, 0.2) is 0 Å². The van der Waals surface area contributed by atoms with Gasteiger partial charge in [0, 0.05) is 5.75 Å². The van der Waals surface area contributed by atoms with Gasteiger partial charge in [-0.25, -0.2) is 14.4 Å². The zero-order chi connectivity index (χ0) is 23.1. The second-order valence-electron chi connectivity index (χ2n) is 6.90. The van der Waals surface area contributed by atoms with Gasteiger partial charge >= 0.3 is 18.5 Å². The molecular formula is C20H34O10S. The van der Waals surface area contributed by atoms with E-state index in [1.54, 1.807) is 0 Å². The van der Waals surface area contributed by atoms with Crippen LogP contribution in [0.4, 0.5) is 14.4 Å². The Kier molecular flexibility index (Phi) is 13.9. The molecule has 180 valence electrons. The second-order valence-corrected chi connectivity index (χ2v) is 8.05. The van der Waals surface area contributed by atoms with E-state index in [1.165, 1.54) is 0 Å². The van der Waals surface area contributed by atoms with Gasteiger partial charge in [-0.05, 0) is 19.3 Å². The monoisotopic (exact) mass is 466 g/mol. The Hall–Kier alpha value is -1.88. The summed E-state index contributed by atoms with van der Waals surface area (Å²) in [6.45, 7) is 6.31. The zero-order valence-corrected chi connectivity index (χ0v) is 19.2. The number of hydrogen-bond acceptors (Lipinski definition) is 11. The molecule has 0 radical (unpaired) electrons. The predicted molar refractivity (Wildman–Crippen MR) is 112 cm³/mol. The van der Waals surface area contributed by atoms with Crippen LogP contribution in [0.3, 0.4) is 0 Å². The molecule has 11 heteroatoms. The quantitative estimate of drug-likeness (QED) is 0.254. The van der Waals surface area contributed by atoms with Crippen LogP contribution in [0, 0.1) is 0 Å². The number of carbonyl (C=O) groups excluding carboxylic acids is 3. The van der Waals surface area contributed by atoms with Gasteiger partial charge in [-0.1, -0.05) is 40.0 Å². The number of aliphatic hydroxyl groups is 1. The molecule has 1 fully saturated rings. The van der Waals surface area contributed by atoms with Crippen LogP contribution < -0.4 is 0 Å². The van der Waals surface area contributed by atoms with Crippen molar-refractivity contribution in [2.24, 2.45) is 0 Å². The highest BCUT2D eigenvalue weighted by molar-refractivity contribution is 7.99. The van der Waals surface area contributed by atoms with Crippen LogP contribution in [0.5, 0.6) is 0 Å². The Labute approximate surface area is 187 Å². The lowest BCUT2D eigenvalue weighted by Crippen LogP contribution is -2.54. The summed E-state index contributed by atoms with van der Waals surface area (Å²) in [5.74, 6) is 0.0989. The molecule has 31 heavy (non-hydrogen) atoms. The Balaban J connectivity index is 2.83. The van der Waals surface area contributed by atoms with Crippen molar-refractivity contribution in [3.8, 4) is 0 Å². The van der Waals surface area contributed by atoms with Gasteiger partial charge in [-0.3, -0.25) is 0 Å². The minimum Gasteiger partial charge on any atom is -0.434 e. The summed E-state index contributed by atoms with van der Waals surface area (Å²) in [7, 11) is 0. The van der Waals surface area contributed by atoms with E-state index >= 15 is 0 Å². The molecule has 0 aliphatic carbocycles. The fourth-order valence-electron chi connectivity index (χ4n) is 2.47. The Morgan fingerprint density at radius 3 is 1.61 bits per heavy atom. The zero-order valence-electron chi connectivity index (χ0n) is 18.4. The second kappa shape index (κ2) is 15.9. The molecule has 0 aromatic heterocycles. The van der Waals surface area contributed by atoms with Gasteiger partial charge < -0.3 is 33.5 Å². The number of unbranched alkanes of at least 4 members (excludes halogenated alkanes) is 3. The molecule has 1 heterocycles. The molecule has 0 saturated carbocycles. The predicted octanol–water partition coefficient (Wildman–Crippen LogP) is 4.02. The van der Waals surface area contributed by atoms with Crippen molar-refractivity contribution in [1.29, 1.82) is 0 Å².